The van der Waals surface area contributed by atoms with Crippen LogP contribution >= 0.6 is 0 Å². The minimum atomic E-state index is -3.66. The maximum absolute atomic E-state index is 13.8. The highest BCUT2D eigenvalue weighted by Gasteiger charge is 2.49. The van der Waals surface area contributed by atoms with Crippen LogP contribution in [0, 0.1) is 0 Å². The minimum absolute atomic E-state index is 0.0837. The lowest BCUT2D eigenvalue weighted by atomic mass is 10.3. The molecule has 0 atom stereocenters. The van der Waals surface area contributed by atoms with Crippen molar-refractivity contribution in [1.82, 2.24) is 25.5 Å². The Morgan fingerprint density at radius 3 is 2.65 bits per heavy atom. The number of aromatic nitrogens is 4. The lowest BCUT2D eigenvalue weighted by molar-refractivity contribution is -0.148. The zero-order valence-corrected chi connectivity index (χ0v) is 8.94. The van der Waals surface area contributed by atoms with Crippen LogP contribution in [0.1, 0.15) is 37.5 Å². The van der Waals surface area contributed by atoms with Crippen molar-refractivity contribution >= 4 is 5.91 Å². The highest BCUT2D eigenvalue weighted by atomic mass is 19.3. The number of hydrogen-bond acceptors (Lipinski definition) is 4. The Balaban J connectivity index is 1.83. The standard InChI is InChI=1S/C9H11F2N5O/c10-9(11,8(17)12-5-1-2-5)7-13-14-15-16(7)6-3-4-6/h5-6H,1-4H2,(H,12,17). The third-order valence-corrected chi connectivity index (χ3v) is 2.86. The van der Waals surface area contributed by atoms with E-state index in [1.807, 2.05) is 0 Å². The molecule has 92 valence electrons. The zero-order valence-electron chi connectivity index (χ0n) is 8.94. The number of carbonyl (C=O) groups excluding carboxylic acids is 1. The van der Waals surface area contributed by atoms with Crippen molar-refractivity contribution in [3.8, 4) is 0 Å². The predicted octanol–water partition coefficient (Wildman–Crippen LogP) is 0.378. The molecule has 8 heteroatoms. The molecule has 1 N–H and O–H groups in total. The van der Waals surface area contributed by atoms with Crippen LogP contribution in [0.15, 0.2) is 0 Å². The summed E-state index contributed by atoms with van der Waals surface area (Å²) < 4.78 is 28.8. The van der Waals surface area contributed by atoms with E-state index in [1.54, 1.807) is 0 Å². The van der Waals surface area contributed by atoms with Crippen molar-refractivity contribution in [2.75, 3.05) is 0 Å². The van der Waals surface area contributed by atoms with E-state index in [0.717, 1.165) is 30.4 Å². The number of halogens is 2. The monoisotopic (exact) mass is 243 g/mol. The summed E-state index contributed by atoms with van der Waals surface area (Å²) >= 11 is 0. The molecule has 17 heavy (non-hydrogen) atoms. The molecule has 2 aliphatic carbocycles. The normalized spacial score (nSPS) is 20.4. The molecule has 0 radical (unpaired) electrons. The van der Waals surface area contributed by atoms with Gasteiger partial charge in [-0.3, -0.25) is 4.79 Å². The van der Waals surface area contributed by atoms with Crippen LogP contribution in [0.3, 0.4) is 0 Å². The van der Waals surface area contributed by atoms with E-state index in [4.69, 9.17) is 0 Å². The zero-order chi connectivity index (χ0) is 12.0. The topological polar surface area (TPSA) is 72.7 Å². The summed E-state index contributed by atoms with van der Waals surface area (Å²) in [6.45, 7) is 0. The minimum Gasteiger partial charge on any atom is -0.348 e. The van der Waals surface area contributed by atoms with E-state index in [2.05, 4.69) is 20.8 Å². The van der Waals surface area contributed by atoms with Crippen LogP contribution < -0.4 is 5.32 Å². The summed E-state index contributed by atoms with van der Waals surface area (Å²) in [7, 11) is 0. The van der Waals surface area contributed by atoms with E-state index < -0.39 is 17.7 Å². The number of tetrazole rings is 1. The van der Waals surface area contributed by atoms with Gasteiger partial charge in [-0.15, -0.1) is 5.10 Å². The number of carbonyl (C=O) groups is 1. The molecule has 2 saturated carbocycles. The molecular weight excluding hydrogens is 232 g/mol. The van der Waals surface area contributed by atoms with Gasteiger partial charge in [-0.2, -0.15) is 8.78 Å². The van der Waals surface area contributed by atoms with Gasteiger partial charge in [-0.25, -0.2) is 4.68 Å². The smallest absolute Gasteiger partial charge is 0.348 e. The first-order valence-electron chi connectivity index (χ1n) is 5.56. The number of alkyl halides is 2. The third-order valence-electron chi connectivity index (χ3n) is 2.86. The maximum Gasteiger partial charge on any atom is 0.384 e. The molecule has 0 aromatic carbocycles. The molecule has 1 aromatic rings. The van der Waals surface area contributed by atoms with Gasteiger partial charge < -0.3 is 5.32 Å². The average Bonchev–Trinajstić information content (AvgIpc) is 3.20. The van der Waals surface area contributed by atoms with Crippen LogP contribution in [0.2, 0.25) is 0 Å². The number of nitrogens with one attached hydrogen (secondary N) is 1. The Morgan fingerprint density at radius 2 is 2.06 bits per heavy atom. The Hall–Kier alpha value is -1.60. The summed E-state index contributed by atoms with van der Waals surface area (Å²) in [6, 6.07) is -0.196. The van der Waals surface area contributed by atoms with Crippen molar-refractivity contribution in [2.24, 2.45) is 0 Å². The Bertz CT molecular complexity index is 452. The second-order valence-electron chi connectivity index (χ2n) is 4.50. The van der Waals surface area contributed by atoms with Crippen molar-refractivity contribution in [3.63, 3.8) is 0 Å². The largest absolute Gasteiger partial charge is 0.384 e. The molecule has 1 heterocycles. The Kier molecular flexibility index (Phi) is 2.14. The summed E-state index contributed by atoms with van der Waals surface area (Å²) in [5.74, 6) is -5.62. The second kappa shape index (κ2) is 3.44. The predicted molar refractivity (Wildman–Crippen MR) is 51.1 cm³/mol. The molecule has 0 bridgehead atoms. The first kappa shape index (κ1) is 10.5. The third kappa shape index (κ3) is 1.87. The number of nitrogens with zero attached hydrogens (tertiary/aromatic N) is 4. The molecule has 0 unspecified atom stereocenters. The molecule has 1 aromatic heterocycles. The first-order valence-corrected chi connectivity index (χ1v) is 5.56. The van der Waals surface area contributed by atoms with Gasteiger partial charge in [0.15, 0.2) is 0 Å². The van der Waals surface area contributed by atoms with E-state index in [9.17, 15) is 13.6 Å². The molecule has 6 nitrogen and oxygen atoms in total. The summed E-state index contributed by atoms with van der Waals surface area (Å²) in [6.07, 6.45) is 3.07. The highest BCUT2D eigenvalue weighted by Crippen LogP contribution is 2.38. The fourth-order valence-electron chi connectivity index (χ4n) is 1.57. The summed E-state index contributed by atoms with van der Waals surface area (Å²) in [5, 5.41) is 12.3. The van der Waals surface area contributed by atoms with E-state index in [0.29, 0.717) is 0 Å². The number of hydrogen-bond donors (Lipinski definition) is 1. The van der Waals surface area contributed by atoms with Gasteiger partial charge >= 0.3 is 5.92 Å². The molecule has 1 amide bonds. The molecule has 2 fully saturated rings. The second-order valence-corrected chi connectivity index (χ2v) is 4.50. The lowest BCUT2D eigenvalue weighted by Crippen LogP contribution is -2.41. The van der Waals surface area contributed by atoms with Crippen molar-refractivity contribution < 1.29 is 13.6 Å². The first-order chi connectivity index (χ1) is 8.09. The van der Waals surface area contributed by atoms with Crippen molar-refractivity contribution in [1.29, 1.82) is 0 Å². The van der Waals surface area contributed by atoms with Crippen LogP contribution in [0.4, 0.5) is 8.78 Å². The fourth-order valence-corrected chi connectivity index (χ4v) is 1.57. The van der Waals surface area contributed by atoms with Gasteiger partial charge in [-0.05, 0) is 36.1 Å². The molecule has 0 saturated heterocycles. The Labute approximate surface area is 95.4 Å². The van der Waals surface area contributed by atoms with E-state index in [1.165, 1.54) is 0 Å². The molecule has 0 spiro atoms. The maximum atomic E-state index is 13.8. The average molecular weight is 243 g/mol. The summed E-state index contributed by atoms with van der Waals surface area (Å²) in [5.41, 5.74) is 0. The van der Waals surface area contributed by atoms with Gasteiger partial charge in [0.05, 0.1) is 6.04 Å². The van der Waals surface area contributed by atoms with Gasteiger partial charge in [0.2, 0.25) is 5.82 Å². The Morgan fingerprint density at radius 1 is 1.35 bits per heavy atom. The SMILES string of the molecule is O=C(NC1CC1)C(F)(F)c1nnnn1C1CC1. The van der Waals surface area contributed by atoms with Gasteiger partial charge in [0, 0.05) is 6.04 Å². The molecule has 0 aliphatic heterocycles. The molecule has 3 rings (SSSR count). The van der Waals surface area contributed by atoms with Gasteiger partial charge in [0.25, 0.3) is 5.91 Å². The number of amides is 1. The molecule has 2 aliphatic rings. The number of rotatable bonds is 4. The quantitative estimate of drug-likeness (QED) is 0.829. The van der Waals surface area contributed by atoms with Crippen LogP contribution in [0.5, 0.6) is 0 Å². The van der Waals surface area contributed by atoms with Crippen LogP contribution in [-0.4, -0.2) is 32.2 Å². The molecular formula is C9H11F2N5O. The fraction of sp³-hybridized carbons (Fsp3) is 0.778. The van der Waals surface area contributed by atoms with E-state index >= 15 is 0 Å². The lowest BCUT2D eigenvalue weighted by Gasteiger charge is -2.14. The van der Waals surface area contributed by atoms with Crippen LogP contribution in [0.25, 0.3) is 0 Å². The van der Waals surface area contributed by atoms with Crippen molar-refractivity contribution in [3.05, 3.63) is 5.82 Å². The van der Waals surface area contributed by atoms with Crippen LogP contribution in [-0.2, 0) is 10.7 Å². The van der Waals surface area contributed by atoms with Gasteiger partial charge in [0.1, 0.15) is 0 Å². The summed E-state index contributed by atoms with van der Waals surface area (Å²) in [4.78, 5) is 11.4. The van der Waals surface area contributed by atoms with E-state index in [-0.39, 0.29) is 12.1 Å². The van der Waals surface area contributed by atoms with Crippen molar-refractivity contribution in [2.45, 2.75) is 43.7 Å². The highest BCUT2D eigenvalue weighted by molar-refractivity contribution is 5.84. The van der Waals surface area contributed by atoms with Gasteiger partial charge in [-0.1, -0.05) is 0 Å².